The maximum absolute atomic E-state index is 5.51. The van der Waals surface area contributed by atoms with Crippen LogP contribution in [-0.4, -0.2) is 11.5 Å². The van der Waals surface area contributed by atoms with Crippen LogP contribution in [0.2, 0.25) is 0 Å². The molecule has 0 saturated carbocycles. The van der Waals surface area contributed by atoms with Gasteiger partial charge in [-0.05, 0) is 55.3 Å². The molecule has 0 spiro atoms. The predicted octanol–water partition coefficient (Wildman–Crippen LogP) is 3.27. The van der Waals surface area contributed by atoms with Crippen LogP contribution < -0.4 is 11.1 Å². The molecule has 1 aromatic carbocycles. The highest BCUT2D eigenvalue weighted by Crippen LogP contribution is 2.15. The second-order valence-electron chi connectivity index (χ2n) is 4.08. The van der Waals surface area contributed by atoms with Gasteiger partial charge in [-0.3, -0.25) is 0 Å². The number of hydrogen-bond donors (Lipinski definition) is 2. The minimum atomic E-state index is 0. The Morgan fingerprint density at radius 2 is 1.89 bits per heavy atom. The van der Waals surface area contributed by atoms with Crippen molar-refractivity contribution >= 4 is 11.5 Å². The monoisotopic (exact) mass is 243 g/mol. The molecule has 3 N–H and O–H groups in total. The number of nitrogens with zero attached hydrogens (tertiary/aromatic N) is 1. The molecule has 1 heterocycles. The predicted molar refractivity (Wildman–Crippen MR) is 78.2 cm³/mol. The SMILES string of the molecule is C.Cc1ccnc(Nc2ccc(CCN)cc2)c1. The first-order chi connectivity index (χ1) is 8.28. The van der Waals surface area contributed by atoms with E-state index >= 15 is 0 Å². The van der Waals surface area contributed by atoms with Crippen LogP contribution >= 0.6 is 0 Å². The molecule has 2 aromatic rings. The van der Waals surface area contributed by atoms with Gasteiger partial charge in [0, 0.05) is 11.9 Å². The van der Waals surface area contributed by atoms with Crippen LogP contribution in [0.5, 0.6) is 0 Å². The van der Waals surface area contributed by atoms with E-state index in [0.29, 0.717) is 6.54 Å². The minimum Gasteiger partial charge on any atom is -0.340 e. The van der Waals surface area contributed by atoms with Crippen molar-refractivity contribution in [2.45, 2.75) is 20.8 Å². The van der Waals surface area contributed by atoms with Gasteiger partial charge >= 0.3 is 0 Å². The number of aromatic nitrogens is 1. The summed E-state index contributed by atoms with van der Waals surface area (Å²) in [6.07, 6.45) is 2.73. The molecule has 0 fully saturated rings. The van der Waals surface area contributed by atoms with Crippen molar-refractivity contribution in [3.8, 4) is 0 Å². The van der Waals surface area contributed by atoms with Gasteiger partial charge in [0.1, 0.15) is 5.82 Å². The van der Waals surface area contributed by atoms with Gasteiger partial charge in [0.2, 0.25) is 0 Å². The first-order valence-electron chi connectivity index (χ1n) is 5.76. The molecule has 0 radical (unpaired) electrons. The number of benzene rings is 1. The lowest BCUT2D eigenvalue weighted by Gasteiger charge is -2.07. The van der Waals surface area contributed by atoms with E-state index < -0.39 is 0 Å². The minimum absolute atomic E-state index is 0. The Morgan fingerprint density at radius 1 is 1.17 bits per heavy atom. The van der Waals surface area contributed by atoms with Crippen LogP contribution in [-0.2, 0) is 6.42 Å². The van der Waals surface area contributed by atoms with Crippen molar-refractivity contribution < 1.29 is 0 Å². The Morgan fingerprint density at radius 3 is 2.50 bits per heavy atom. The van der Waals surface area contributed by atoms with E-state index in [0.717, 1.165) is 17.9 Å². The standard InChI is InChI=1S/C14H17N3.CH4/c1-11-7-9-16-14(10-11)17-13-4-2-12(3-5-13)6-8-15;/h2-5,7,9-10H,6,8,15H2,1H3,(H,16,17);1H4. The smallest absolute Gasteiger partial charge is 0.130 e. The van der Waals surface area contributed by atoms with Gasteiger partial charge in [-0.2, -0.15) is 0 Å². The number of aryl methyl sites for hydroxylation is 1. The van der Waals surface area contributed by atoms with E-state index in [1.807, 2.05) is 12.1 Å². The summed E-state index contributed by atoms with van der Waals surface area (Å²) in [7, 11) is 0. The molecular weight excluding hydrogens is 222 g/mol. The van der Waals surface area contributed by atoms with Crippen LogP contribution in [0.15, 0.2) is 42.6 Å². The zero-order valence-corrected chi connectivity index (χ0v) is 9.98. The highest BCUT2D eigenvalue weighted by Gasteiger charge is 1.97. The van der Waals surface area contributed by atoms with E-state index in [1.165, 1.54) is 11.1 Å². The molecule has 3 nitrogen and oxygen atoms in total. The third kappa shape index (κ3) is 3.86. The number of anilines is 2. The Hall–Kier alpha value is -1.87. The summed E-state index contributed by atoms with van der Waals surface area (Å²) in [4.78, 5) is 4.26. The summed E-state index contributed by atoms with van der Waals surface area (Å²) in [5.74, 6) is 0.872. The molecule has 96 valence electrons. The third-order valence-corrected chi connectivity index (χ3v) is 2.57. The lowest BCUT2D eigenvalue weighted by Crippen LogP contribution is -2.02. The van der Waals surface area contributed by atoms with E-state index in [1.54, 1.807) is 6.20 Å². The van der Waals surface area contributed by atoms with Gasteiger partial charge < -0.3 is 11.1 Å². The lowest BCUT2D eigenvalue weighted by atomic mass is 10.1. The molecule has 0 saturated heterocycles. The van der Waals surface area contributed by atoms with Crippen molar-refractivity contribution in [3.05, 3.63) is 53.7 Å². The van der Waals surface area contributed by atoms with Crippen LogP contribution in [0.4, 0.5) is 11.5 Å². The van der Waals surface area contributed by atoms with Crippen molar-refractivity contribution in [2.24, 2.45) is 5.73 Å². The highest BCUT2D eigenvalue weighted by molar-refractivity contribution is 5.56. The van der Waals surface area contributed by atoms with Gasteiger partial charge in [0.25, 0.3) is 0 Å². The van der Waals surface area contributed by atoms with E-state index in [4.69, 9.17) is 5.73 Å². The summed E-state index contributed by atoms with van der Waals surface area (Å²) in [5, 5.41) is 3.27. The van der Waals surface area contributed by atoms with Gasteiger partial charge in [0.05, 0.1) is 0 Å². The molecule has 0 bridgehead atoms. The van der Waals surface area contributed by atoms with E-state index in [9.17, 15) is 0 Å². The molecule has 18 heavy (non-hydrogen) atoms. The van der Waals surface area contributed by atoms with Gasteiger partial charge in [0.15, 0.2) is 0 Å². The fourth-order valence-electron chi connectivity index (χ4n) is 1.67. The van der Waals surface area contributed by atoms with Crippen molar-refractivity contribution in [3.63, 3.8) is 0 Å². The molecule has 0 aliphatic rings. The number of nitrogens with two attached hydrogens (primary N) is 1. The largest absolute Gasteiger partial charge is 0.340 e. The zero-order valence-electron chi connectivity index (χ0n) is 9.98. The van der Waals surface area contributed by atoms with E-state index in [-0.39, 0.29) is 7.43 Å². The number of nitrogens with one attached hydrogen (secondary N) is 1. The Kier molecular flexibility index (Phi) is 5.33. The van der Waals surface area contributed by atoms with Gasteiger partial charge in [-0.1, -0.05) is 19.6 Å². The molecule has 0 atom stereocenters. The first-order valence-corrected chi connectivity index (χ1v) is 5.76. The van der Waals surface area contributed by atoms with Gasteiger partial charge in [-0.15, -0.1) is 0 Å². The van der Waals surface area contributed by atoms with Crippen molar-refractivity contribution in [2.75, 3.05) is 11.9 Å². The zero-order chi connectivity index (χ0) is 12.1. The Labute approximate surface area is 109 Å². The number of hydrogen-bond acceptors (Lipinski definition) is 3. The Bertz CT molecular complexity index is 477. The first kappa shape index (κ1) is 14.2. The Balaban J connectivity index is 0.00000162. The number of pyridine rings is 1. The molecular formula is C15H21N3. The van der Waals surface area contributed by atoms with Crippen molar-refractivity contribution in [1.82, 2.24) is 4.98 Å². The third-order valence-electron chi connectivity index (χ3n) is 2.57. The summed E-state index contributed by atoms with van der Waals surface area (Å²) < 4.78 is 0. The summed E-state index contributed by atoms with van der Waals surface area (Å²) in [6.45, 7) is 2.74. The second-order valence-corrected chi connectivity index (χ2v) is 4.08. The molecule has 0 aliphatic heterocycles. The maximum atomic E-state index is 5.51. The normalized spacial score (nSPS) is 9.67. The average molecular weight is 243 g/mol. The van der Waals surface area contributed by atoms with Crippen molar-refractivity contribution in [1.29, 1.82) is 0 Å². The highest BCUT2D eigenvalue weighted by atomic mass is 15.0. The molecule has 0 aliphatic carbocycles. The lowest BCUT2D eigenvalue weighted by molar-refractivity contribution is 0.969. The summed E-state index contributed by atoms with van der Waals surface area (Å²) in [5.41, 5.74) is 9.01. The van der Waals surface area contributed by atoms with E-state index in [2.05, 4.69) is 41.5 Å². The topological polar surface area (TPSA) is 50.9 Å². The molecule has 3 heteroatoms. The molecule has 2 rings (SSSR count). The summed E-state index contributed by atoms with van der Waals surface area (Å²) in [6, 6.07) is 12.3. The fourth-order valence-corrected chi connectivity index (χ4v) is 1.67. The summed E-state index contributed by atoms with van der Waals surface area (Å²) >= 11 is 0. The van der Waals surface area contributed by atoms with Crippen LogP contribution in [0.3, 0.4) is 0 Å². The van der Waals surface area contributed by atoms with Crippen LogP contribution in [0.1, 0.15) is 18.6 Å². The molecule has 1 aromatic heterocycles. The maximum Gasteiger partial charge on any atom is 0.130 e. The molecule has 0 amide bonds. The van der Waals surface area contributed by atoms with Crippen LogP contribution in [0.25, 0.3) is 0 Å². The number of rotatable bonds is 4. The average Bonchev–Trinajstić information content (AvgIpc) is 2.32. The van der Waals surface area contributed by atoms with Gasteiger partial charge in [-0.25, -0.2) is 4.98 Å². The second kappa shape index (κ2) is 6.77. The fraction of sp³-hybridized carbons (Fsp3) is 0.267. The molecule has 0 unspecified atom stereocenters. The van der Waals surface area contributed by atoms with Crippen LogP contribution in [0, 0.1) is 6.92 Å². The quantitative estimate of drug-likeness (QED) is 0.866.